The Labute approximate surface area is 143 Å². The summed E-state index contributed by atoms with van der Waals surface area (Å²) in [5.41, 5.74) is 6.84. The maximum Gasteiger partial charge on any atom is 0.115 e. The van der Waals surface area contributed by atoms with E-state index in [9.17, 15) is 10.2 Å². The summed E-state index contributed by atoms with van der Waals surface area (Å²) in [5, 5.41) is 19.5. The fourth-order valence-corrected chi connectivity index (χ4v) is 3.25. The topological polar surface area (TPSA) is 40.5 Å². The van der Waals surface area contributed by atoms with Crippen molar-refractivity contribution in [3.63, 3.8) is 0 Å². The van der Waals surface area contributed by atoms with Crippen molar-refractivity contribution in [2.24, 2.45) is 0 Å². The highest BCUT2D eigenvalue weighted by Crippen LogP contribution is 2.37. The Hall–Kier alpha value is -2.74. The van der Waals surface area contributed by atoms with Crippen molar-refractivity contribution in [2.45, 2.75) is 26.7 Å². The summed E-state index contributed by atoms with van der Waals surface area (Å²) in [7, 11) is 0. The predicted molar refractivity (Wildman–Crippen MR) is 97.8 cm³/mol. The van der Waals surface area contributed by atoms with E-state index in [0.717, 1.165) is 22.3 Å². The Morgan fingerprint density at radius 1 is 0.625 bits per heavy atom. The molecule has 0 fully saturated rings. The molecule has 0 aliphatic rings. The molecule has 0 bridgehead atoms. The Morgan fingerprint density at radius 3 is 1.50 bits per heavy atom. The second-order valence-electron chi connectivity index (χ2n) is 6.43. The minimum absolute atomic E-state index is 0.0619. The average Bonchev–Trinajstić information content (AvgIpc) is 2.53. The number of benzene rings is 3. The third kappa shape index (κ3) is 3.13. The Kier molecular flexibility index (Phi) is 4.30. The molecule has 0 unspecified atom stereocenters. The zero-order chi connectivity index (χ0) is 17.3. The average molecular weight is 318 g/mol. The molecule has 0 amide bonds. The van der Waals surface area contributed by atoms with Crippen LogP contribution in [0.3, 0.4) is 0 Å². The van der Waals surface area contributed by atoms with E-state index in [1.165, 1.54) is 11.1 Å². The van der Waals surface area contributed by atoms with E-state index in [-0.39, 0.29) is 17.4 Å². The molecule has 2 N–H and O–H groups in total. The fraction of sp³-hybridized carbons (Fsp3) is 0.182. The van der Waals surface area contributed by atoms with Crippen molar-refractivity contribution in [1.82, 2.24) is 0 Å². The van der Waals surface area contributed by atoms with Crippen LogP contribution in [0, 0.1) is 20.8 Å². The molecule has 0 saturated carbocycles. The van der Waals surface area contributed by atoms with Crippen molar-refractivity contribution in [3.8, 4) is 11.5 Å². The van der Waals surface area contributed by atoms with Gasteiger partial charge in [-0.05, 0) is 72.9 Å². The first kappa shape index (κ1) is 16.1. The second-order valence-corrected chi connectivity index (χ2v) is 6.43. The fourth-order valence-electron chi connectivity index (χ4n) is 3.25. The zero-order valence-corrected chi connectivity index (χ0v) is 14.2. The van der Waals surface area contributed by atoms with Gasteiger partial charge in [0.05, 0.1) is 0 Å². The SMILES string of the molecule is Cc1ccc(C(c2ccc(O)cc2C)c2ccc(O)cc2C)cc1. The first-order valence-electron chi connectivity index (χ1n) is 8.11. The van der Waals surface area contributed by atoms with Crippen LogP contribution in [0.2, 0.25) is 0 Å². The van der Waals surface area contributed by atoms with Crippen LogP contribution in [0.25, 0.3) is 0 Å². The summed E-state index contributed by atoms with van der Waals surface area (Å²) in [6.45, 7) is 6.12. The predicted octanol–water partition coefficient (Wildman–Crippen LogP) is 5.20. The minimum atomic E-state index is 0.0619. The molecule has 0 aliphatic carbocycles. The lowest BCUT2D eigenvalue weighted by atomic mass is 9.81. The second kappa shape index (κ2) is 6.40. The third-order valence-corrected chi connectivity index (χ3v) is 4.54. The van der Waals surface area contributed by atoms with Crippen LogP contribution in [-0.2, 0) is 0 Å². The Bertz CT molecular complexity index is 812. The van der Waals surface area contributed by atoms with Gasteiger partial charge < -0.3 is 10.2 Å². The van der Waals surface area contributed by atoms with Gasteiger partial charge in [-0.2, -0.15) is 0 Å². The first-order valence-corrected chi connectivity index (χ1v) is 8.11. The van der Waals surface area contributed by atoms with Gasteiger partial charge in [-0.3, -0.25) is 0 Å². The number of phenols is 2. The number of aryl methyl sites for hydroxylation is 3. The summed E-state index contributed by atoms with van der Waals surface area (Å²) in [6, 6.07) is 19.6. The van der Waals surface area contributed by atoms with Crippen LogP contribution in [0.4, 0.5) is 0 Å². The van der Waals surface area contributed by atoms with Gasteiger partial charge in [0.15, 0.2) is 0 Å². The summed E-state index contributed by atoms with van der Waals surface area (Å²) >= 11 is 0. The number of rotatable bonds is 3. The van der Waals surface area contributed by atoms with E-state index in [4.69, 9.17) is 0 Å². The standard InChI is InChI=1S/C22H22O2/c1-14-4-6-17(7-5-14)22(20-10-8-18(23)12-15(20)2)21-11-9-19(24)13-16(21)3/h4-13,22-24H,1-3H3. The number of phenolic OH excluding ortho intramolecular Hbond substituents is 2. The third-order valence-electron chi connectivity index (χ3n) is 4.54. The van der Waals surface area contributed by atoms with Crippen molar-refractivity contribution < 1.29 is 10.2 Å². The minimum Gasteiger partial charge on any atom is -0.508 e. The summed E-state index contributed by atoms with van der Waals surface area (Å²) in [6.07, 6.45) is 0. The zero-order valence-electron chi connectivity index (χ0n) is 14.2. The van der Waals surface area contributed by atoms with Crippen LogP contribution in [0.1, 0.15) is 39.3 Å². The first-order chi connectivity index (χ1) is 11.5. The Balaban J connectivity index is 2.22. The molecule has 0 spiro atoms. The molecule has 24 heavy (non-hydrogen) atoms. The van der Waals surface area contributed by atoms with Gasteiger partial charge in [0, 0.05) is 5.92 Å². The van der Waals surface area contributed by atoms with Gasteiger partial charge in [-0.15, -0.1) is 0 Å². The van der Waals surface area contributed by atoms with E-state index in [1.807, 2.05) is 26.0 Å². The monoisotopic (exact) mass is 318 g/mol. The lowest BCUT2D eigenvalue weighted by molar-refractivity contribution is 0.474. The van der Waals surface area contributed by atoms with Gasteiger partial charge in [-0.25, -0.2) is 0 Å². The number of aromatic hydroxyl groups is 2. The molecule has 0 saturated heterocycles. The highest BCUT2D eigenvalue weighted by atomic mass is 16.3. The highest BCUT2D eigenvalue weighted by molar-refractivity contribution is 5.51. The number of hydrogen-bond donors (Lipinski definition) is 2. The van der Waals surface area contributed by atoms with Gasteiger partial charge in [-0.1, -0.05) is 42.0 Å². The van der Waals surface area contributed by atoms with E-state index in [0.29, 0.717) is 0 Å². The summed E-state index contributed by atoms with van der Waals surface area (Å²) < 4.78 is 0. The van der Waals surface area contributed by atoms with Crippen LogP contribution in [0.5, 0.6) is 11.5 Å². The van der Waals surface area contributed by atoms with Crippen molar-refractivity contribution in [3.05, 3.63) is 94.0 Å². The smallest absolute Gasteiger partial charge is 0.115 e. The van der Waals surface area contributed by atoms with Gasteiger partial charge in [0.2, 0.25) is 0 Å². The maximum atomic E-state index is 9.75. The molecular formula is C22H22O2. The highest BCUT2D eigenvalue weighted by Gasteiger charge is 2.20. The molecule has 122 valence electrons. The number of hydrogen-bond acceptors (Lipinski definition) is 2. The molecule has 2 heteroatoms. The quantitative estimate of drug-likeness (QED) is 0.651. The summed E-state index contributed by atoms with van der Waals surface area (Å²) in [5.74, 6) is 0.620. The van der Waals surface area contributed by atoms with Crippen molar-refractivity contribution in [1.29, 1.82) is 0 Å². The van der Waals surface area contributed by atoms with E-state index in [1.54, 1.807) is 24.3 Å². The molecule has 3 aromatic rings. The van der Waals surface area contributed by atoms with Gasteiger partial charge in [0.25, 0.3) is 0 Å². The van der Waals surface area contributed by atoms with E-state index >= 15 is 0 Å². The normalized spacial score (nSPS) is 11.0. The molecule has 0 heterocycles. The van der Waals surface area contributed by atoms with E-state index in [2.05, 4.69) is 31.2 Å². The molecule has 3 aromatic carbocycles. The van der Waals surface area contributed by atoms with Crippen molar-refractivity contribution in [2.75, 3.05) is 0 Å². The van der Waals surface area contributed by atoms with Crippen LogP contribution < -0.4 is 0 Å². The molecule has 3 rings (SSSR count). The van der Waals surface area contributed by atoms with Crippen molar-refractivity contribution >= 4 is 0 Å². The molecular weight excluding hydrogens is 296 g/mol. The lowest BCUT2D eigenvalue weighted by Crippen LogP contribution is -2.07. The molecule has 0 radical (unpaired) electrons. The van der Waals surface area contributed by atoms with Crippen LogP contribution in [-0.4, -0.2) is 10.2 Å². The Morgan fingerprint density at radius 2 is 1.08 bits per heavy atom. The van der Waals surface area contributed by atoms with E-state index < -0.39 is 0 Å². The largest absolute Gasteiger partial charge is 0.508 e. The maximum absolute atomic E-state index is 9.75. The van der Waals surface area contributed by atoms with Gasteiger partial charge >= 0.3 is 0 Å². The molecule has 0 aliphatic heterocycles. The summed E-state index contributed by atoms with van der Waals surface area (Å²) in [4.78, 5) is 0. The van der Waals surface area contributed by atoms with Crippen LogP contribution in [0.15, 0.2) is 60.7 Å². The van der Waals surface area contributed by atoms with Gasteiger partial charge in [0.1, 0.15) is 11.5 Å². The van der Waals surface area contributed by atoms with Crippen LogP contribution >= 0.6 is 0 Å². The molecule has 0 atom stereocenters. The lowest BCUT2D eigenvalue weighted by Gasteiger charge is -2.23. The molecule has 0 aromatic heterocycles. The molecule has 2 nitrogen and oxygen atoms in total.